The Bertz CT molecular complexity index is 1710. The Morgan fingerprint density at radius 3 is 2.07 bits per heavy atom. The summed E-state index contributed by atoms with van der Waals surface area (Å²) in [5, 5.41) is 12.6. The van der Waals surface area contributed by atoms with Crippen molar-refractivity contribution in [3.05, 3.63) is 137 Å². The lowest BCUT2D eigenvalue weighted by molar-refractivity contribution is -0.139. The molecule has 0 heterocycles. The molecule has 5 aromatic carbocycles. The summed E-state index contributed by atoms with van der Waals surface area (Å²) in [5.41, 5.74) is 2.77. The first-order valence-corrected chi connectivity index (χ1v) is 14.3. The Hall–Kier alpha value is -5.08. The zero-order valence-electron chi connectivity index (χ0n) is 23.2. The molecule has 0 fully saturated rings. The average molecular weight is 639 g/mol. The van der Waals surface area contributed by atoms with Crippen LogP contribution in [0.15, 0.2) is 126 Å². The number of carboxylic acid groups (broad SMARTS) is 1. The van der Waals surface area contributed by atoms with E-state index in [1.165, 1.54) is 0 Å². The van der Waals surface area contributed by atoms with E-state index < -0.39 is 17.9 Å². The summed E-state index contributed by atoms with van der Waals surface area (Å²) in [4.78, 5) is 25.5. The number of amides is 1. The molecule has 0 aromatic heterocycles. The van der Waals surface area contributed by atoms with Gasteiger partial charge < -0.3 is 24.6 Å². The molecule has 0 aliphatic carbocycles. The van der Waals surface area contributed by atoms with Crippen molar-refractivity contribution >= 4 is 27.8 Å². The average Bonchev–Trinajstić information content (AvgIpc) is 3.03. The standard InChI is InChI=1S/C35H28BrNO6/c1-41-26-16-18-28(19-17-26)43-33-20-15-25(36)22-30(33)34(38)37-31(35(39)40)21-23-11-13-24(14-12-23)29-9-5-6-10-32(29)42-27-7-3-2-4-8-27/h2-20,22,31H,21H2,1H3,(H,37,38)(H,39,40). The topological polar surface area (TPSA) is 94.1 Å². The number of rotatable bonds is 11. The maximum atomic E-state index is 13.3. The molecular formula is C35H28BrNO6. The number of hydrogen-bond donors (Lipinski definition) is 2. The Labute approximate surface area is 257 Å². The number of ether oxygens (including phenoxy) is 3. The van der Waals surface area contributed by atoms with Gasteiger partial charge in [0.05, 0.1) is 12.7 Å². The predicted molar refractivity (Wildman–Crippen MR) is 168 cm³/mol. The Balaban J connectivity index is 1.30. The molecule has 5 aromatic rings. The van der Waals surface area contributed by atoms with Crippen LogP contribution in [0.3, 0.4) is 0 Å². The van der Waals surface area contributed by atoms with E-state index in [1.54, 1.807) is 49.6 Å². The molecule has 216 valence electrons. The van der Waals surface area contributed by atoms with Crippen LogP contribution >= 0.6 is 15.9 Å². The molecule has 0 aliphatic heterocycles. The third-order valence-electron chi connectivity index (χ3n) is 6.64. The number of carbonyl (C=O) groups excluding carboxylic acids is 1. The molecule has 8 heteroatoms. The Morgan fingerprint density at radius 1 is 0.744 bits per heavy atom. The third kappa shape index (κ3) is 7.61. The van der Waals surface area contributed by atoms with Crippen LogP contribution in [0.25, 0.3) is 11.1 Å². The SMILES string of the molecule is COc1ccc(Oc2ccc(Br)cc2C(=O)NC(Cc2ccc(-c3ccccc3Oc3ccccc3)cc2)C(=O)O)cc1. The smallest absolute Gasteiger partial charge is 0.326 e. The van der Waals surface area contributed by atoms with Crippen molar-refractivity contribution in [3.8, 4) is 39.9 Å². The highest BCUT2D eigenvalue weighted by atomic mass is 79.9. The van der Waals surface area contributed by atoms with E-state index in [9.17, 15) is 14.7 Å². The van der Waals surface area contributed by atoms with E-state index in [1.807, 2.05) is 78.9 Å². The fourth-order valence-corrected chi connectivity index (χ4v) is 4.80. The molecule has 0 radical (unpaired) electrons. The van der Waals surface area contributed by atoms with E-state index in [2.05, 4.69) is 21.2 Å². The highest BCUT2D eigenvalue weighted by Crippen LogP contribution is 2.34. The number of hydrogen-bond acceptors (Lipinski definition) is 5. The summed E-state index contributed by atoms with van der Waals surface area (Å²) >= 11 is 3.39. The first-order valence-electron chi connectivity index (χ1n) is 13.5. The van der Waals surface area contributed by atoms with Crippen molar-refractivity contribution in [2.45, 2.75) is 12.5 Å². The molecule has 1 amide bonds. The maximum absolute atomic E-state index is 13.3. The van der Waals surface area contributed by atoms with Gasteiger partial charge in [-0.3, -0.25) is 4.79 Å². The van der Waals surface area contributed by atoms with E-state index in [4.69, 9.17) is 14.2 Å². The molecule has 1 unspecified atom stereocenters. The molecule has 5 rings (SSSR count). The van der Waals surface area contributed by atoms with Crippen molar-refractivity contribution in [1.29, 1.82) is 0 Å². The Morgan fingerprint density at radius 2 is 1.37 bits per heavy atom. The zero-order valence-corrected chi connectivity index (χ0v) is 24.8. The second kappa shape index (κ2) is 13.7. The molecule has 0 saturated heterocycles. The largest absolute Gasteiger partial charge is 0.497 e. The van der Waals surface area contributed by atoms with Gasteiger partial charge in [-0.2, -0.15) is 0 Å². The van der Waals surface area contributed by atoms with Crippen molar-refractivity contribution < 1.29 is 28.9 Å². The van der Waals surface area contributed by atoms with Gasteiger partial charge >= 0.3 is 5.97 Å². The summed E-state index contributed by atoms with van der Waals surface area (Å²) in [5.74, 6) is 1.18. The molecule has 43 heavy (non-hydrogen) atoms. The summed E-state index contributed by atoms with van der Waals surface area (Å²) < 4.78 is 17.9. The first kappa shape index (κ1) is 29.4. The van der Waals surface area contributed by atoms with Crippen LogP contribution in [-0.4, -0.2) is 30.1 Å². The fraction of sp³-hybridized carbons (Fsp3) is 0.0857. The number of aliphatic carboxylic acids is 1. The minimum Gasteiger partial charge on any atom is -0.497 e. The highest BCUT2D eigenvalue weighted by Gasteiger charge is 2.24. The molecule has 2 N–H and O–H groups in total. The van der Waals surface area contributed by atoms with E-state index in [0.29, 0.717) is 21.7 Å². The molecule has 0 saturated carbocycles. The minimum atomic E-state index is -1.17. The number of halogens is 1. The minimum absolute atomic E-state index is 0.0895. The van der Waals surface area contributed by atoms with Crippen molar-refractivity contribution in [3.63, 3.8) is 0 Å². The van der Waals surface area contributed by atoms with Gasteiger partial charge in [0.1, 0.15) is 34.8 Å². The number of carboxylic acids is 1. The molecule has 7 nitrogen and oxygen atoms in total. The van der Waals surface area contributed by atoms with Gasteiger partial charge in [-0.15, -0.1) is 0 Å². The monoisotopic (exact) mass is 637 g/mol. The molecule has 0 spiro atoms. The molecular weight excluding hydrogens is 610 g/mol. The quantitative estimate of drug-likeness (QED) is 0.152. The van der Waals surface area contributed by atoms with E-state index in [0.717, 1.165) is 22.4 Å². The van der Waals surface area contributed by atoms with Crippen LogP contribution in [0.5, 0.6) is 28.7 Å². The molecule has 0 aliphatic rings. The van der Waals surface area contributed by atoms with Gasteiger partial charge in [0, 0.05) is 16.5 Å². The van der Waals surface area contributed by atoms with Gasteiger partial charge in [0.15, 0.2) is 0 Å². The third-order valence-corrected chi connectivity index (χ3v) is 7.13. The summed E-state index contributed by atoms with van der Waals surface area (Å²) in [6.07, 6.45) is 0.0895. The zero-order chi connectivity index (χ0) is 30.2. The van der Waals surface area contributed by atoms with Crippen LogP contribution in [-0.2, 0) is 11.2 Å². The fourth-order valence-electron chi connectivity index (χ4n) is 4.44. The lowest BCUT2D eigenvalue weighted by atomic mass is 9.99. The Kier molecular flexibility index (Phi) is 9.39. The van der Waals surface area contributed by atoms with Crippen LogP contribution in [0.1, 0.15) is 15.9 Å². The second-order valence-corrected chi connectivity index (χ2v) is 10.5. The maximum Gasteiger partial charge on any atom is 0.326 e. The van der Waals surface area contributed by atoms with Crippen molar-refractivity contribution in [2.24, 2.45) is 0 Å². The number of methoxy groups -OCH3 is 1. The van der Waals surface area contributed by atoms with Gasteiger partial charge in [0.25, 0.3) is 5.91 Å². The number of para-hydroxylation sites is 2. The normalized spacial score (nSPS) is 11.3. The molecule has 1 atom stereocenters. The summed E-state index contributed by atoms with van der Waals surface area (Å²) in [6.45, 7) is 0. The van der Waals surface area contributed by atoms with Crippen LogP contribution < -0.4 is 19.5 Å². The first-order chi connectivity index (χ1) is 20.9. The van der Waals surface area contributed by atoms with Crippen LogP contribution in [0.4, 0.5) is 0 Å². The second-order valence-electron chi connectivity index (χ2n) is 9.59. The summed E-state index contributed by atoms with van der Waals surface area (Å²) in [7, 11) is 1.57. The summed E-state index contributed by atoms with van der Waals surface area (Å²) in [6, 6.07) is 35.6. The van der Waals surface area contributed by atoms with Crippen LogP contribution in [0.2, 0.25) is 0 Å². The lowest BCUT2D eigenvalue weighted by Gasteiger charge is -2.17. The highest BCUT2D eigenvalue weighted by molar-refractivity contribution is 9.10. The number of carbonyl (C=O) groups is 2. The van der Waals surface area contributed by atoms with Gasteiger partial charge in [0.2, 0.25) is 0 Å². The number of benzene rings is 5. The van der Waals surface area contributed by atoms with Gasteiger partial charge in [-0.1, -0.05) is 76.6 Å². The predicted octanol–water partition coefficient (Wildman–Crippen LogP) is 8.14. The van der Waals surface area contributed by atoms with E-state index in [-0.39, 0.29) is 17.7 Å². The van der Waals surface area contributed by atoms with Crippen molar-refractivity contribution in [1.82, 2.24) is 5.32 Å². The van der Waals surface area contributed by atoms with E-state index >= 15 is 0 Å². The van der Waals surface area contributed by atoms with Gasteiger partial charge in [-0.05, 0) is 71.8 Å². The number of nitrogens with one attached hydrogen (secondary N) is 1. The molecule has 0 bridgehead atoms. The van der Waals surface area contributed by atoms with Gasteiger partial charge in [-0.25, -0.2) is 4.79 Å². The van der Waals surface area contributed by atoms with Crippen molar-refractivity contribution in [2.75, 3.05) is 7.11 Å². The van der Waals surface area contributed by atoms with Crippen LogP contribution in [0, 0.1) is 0 Å². The lowest BCUT2D eigenvalue weighted by Crippen LogP contribution is -2.42.